The lowest BCUT2D eigenvalue weighted by Crippen LogP contribution is -2.06. The molecule has 3 heteroatoms. The van der Waals surface area contributed by atoms with Crippen LogP contribution >= 0.6 is 11.8 Å². The summed E-state index contributed by atoms with van der Waals surface area (Å²) in [5.41, 5.74) is 0. The Bertz CT molecular complexity index is 83.1. The third-order valence-corrected chi connectivity index (χ3v) is 1.40. The van der Waals surface area contributed by atoms with E-state index >= 15 is 0 Å². The molecule has 1 radical (unpaired) electrons. The summed E-state index contributed by atoms with van der Waals surface area (Å²) >= 11 is 1.47. The minimum atomic E-state index is -0.147. The van der Waals surface area contributed by atoms with E-state index in [2.05, 4.69) is 11.7 Å². The van der Waals surface area contributed by atoms with E-state index in [1.165, 1.54) is 11.8 Å². The highest BCUT2D eigenvalue weighted by atomic mass is 32.2. The fraction of sp³-hybridized carbons (Fsp3) is 0.667. The van der Waals surface area contributed by atoms with Crippen molar-refractivity contribution < 1.29 is 9.53 Å². The van der Waals surface area contributed by atoms with Crippen LogP contribution in [0, 0.1) is 6.92 Å². The second-order valence-corrected chi connectivity index (χ2v) is 2.46. The van der Waals surface area contributed by atoms with Crippen molar-refractivity contribution in [2.75, 3.05) is 18.1 Å². The molecule has 0 rings (SSSR count). The van der Waals surface area contributed by atoms with Gasteiger partial charge in [0.15, 0.2) is 0 Å². The molecule has 0 saturated heterocycles. The normalized spacial score (nSPS) is 9.11. The zero-order valence-corrected chi connectivity index (χ0v) is 6.37. The van der Waals surface area contributed by atoms with Crippen LogP contribution in [0.5, 0.6) is 0 Å². The van der Waals surface area contributed by atoms with Crippen molar-refractivity contribution in [2.24, 2.45) is 0 Å². The molecule has 0 aromatic rings. The fourth-order valence-electron chi connectivity index (χ4n) is 0.358. The van der Waals surface area contributed by atoms with Crippen molar-refractivity contribution in [1.82, 2.24) is 0 Å². The fourth-order valence-corrected chi connectivity index (χ4v) is 0.752. The molecular formula is C6H11O2S. The molecule has 0 atom stereocenters. The molecule has 0 amide bonds. The lowest BCUT2D eigenvalue weighted by atomic mass is 10.8. The number of carbonyl (C=O) groups is 1. The zero-order chi connectivity index (χ0) is 7.11. The van der Waals surface area contributed by atoms with E-state index in [-0.39, 0.29) is 5.97 Å². The second-order valence-electron chi connectivity index (χ2n) is 1.36. The Balaban J connectivity index is 3.06. The molecule has 0 saturated carbocycles. The molecule has 9 heavy (non-hydrogen) atoms. The van der Waals surface area contributed by atoms with Crippen molar-refractivity contribution in [3.05, 3.63) is 6.92 Å². The topological polar surface area (TPSA) is 26.3 Å². The van der Waals surface area contributed by atoms with E-state index in [9.17, 15) is 4.79 Å². The summed E-state index contributed by atoms with van der Waals surface area (Å²) in [4.78, 5) is 10.5. The Morgan fingerprint density at radius 1 is 1.78 bits per heavy atom. The second kappa shape index (κ2) is 5.95. The summed E-state index contributed by atoms with van der Waals surface area (Å²) < 4.78 is 4.66. The SMILES string of the molecule is [CH2]CSCC(=O)OCC. The van der Waals surface area contributed by atoms with Gasteiger partial charge in [0.2, 0.25) is 0 Å². The van der Waals surface area contributed by atoms with Gasteiger partial charge in [0.05, 0.1) is 12.4 Å². The van der Waals surface area contributed by atoms with Crippen LogP contribution in [0.1, 0.15) is 6.92 Å². The molecule has 0 spiro atoms. The van der Waals surface area contributed by atoms with Gasteiger partial charge in [-0.1, -0.05) is 0 Å². The molecular weight excluding hydrogens is 136 g/mol. The van der Waals surface area contributed by atoms with Crippen LogP contribution in [0.3, 0.4) is 0 Å². The maximum absolute atomic E-state index is 10.5. The Morgan fingerprint density at radius 3 is 2.89 bits per heavy atom. The van der Waals surface area contributed by atoms with Crippen molar-refractivity contribution in [1.29, 1.82) is 0 Å². The molecule has 0 heterocycles. The molecule has 0 aliphatic carbocycles. The van der Waals surface area contributed by atoms with Gasteiger partial charge in [-0.05, 0) is 19.6 Å². The van der Waals surface area contributed by atoms with Gasteiger partial charge >= 0.3 is 5.97 Å². The molecule has 0 aliphatic rings. The lowest BCUT2D eigenvalue weighted by Gasteiger charge is -1.97. The molecule has 0 fully saturated rings. The van der Waals surface area contributed by atoms with Crippen LogP contribution in [0.25, 0.3) is 0 Å². The summed E-state index contributed by atoms with van der Waals surface area (Å²) in [6, 6.07) is 0. The molecule has 0 aromatic carbocycles. The van der Waals surface area contributed by atoms with Gasteiger partial charge in [-0.15, -0.1) is 0 Å². The van der Waals surface area contributed by atoms with Gasteiger partial charge in [0, 0.05) is 0 Å². The maximum Gasteiger partial charge on any atom is 0.315 e. The number of carbonyl (C=O) groups excluding carboxylic acids is 1. The highest BCUT2D eigenvalue weighted by Crippen LogP contribution is 1.97. The Hall–Kier alpha value is -0.180. The summed E-state index contributed by atoms with van der Waals surface area (Å²) in [5.74, 6) is 1.00. The van der Waals surface area contributed by atoms with Gasteiger partial charge in [0.1, 0.15) is 0 Å². The summed E-state index contributed by atoms with van der Waals surface area (Å²) in [5, 5.41) is 0. The number of thioether (sulfide) groups is 1. The van der Waals surface area contributed by atoms with E-state index in [1.54, 1.807) is 6.92 Å². The quantitative estimate of drug-likeness (QED) is 0.557. The van der Waals surface area contributed by atoms with E-state index in [0.717, 1.165) is 5.75 Å². The predicted octanol–water partition coefficient (Wildman–Crippen LogP) is 1.12. The summed E-state index contributed by atoms with van der Waals surface area (Å²) in [6.07, 6.45) is 0. The average Bonchev–Trinajstić information content (AvgIpc) is 1.85. The first-order chi connectivity index (χ1) is 4.31. The Kier molecular flexibility index (Phi) is 5.83. The first kappa shape index (κ1) is 8.82. The predicted molar refractivity (Wildman–Crippen MR) is 39.3 cm³/mol. The van der Waals surface area contributed by atoms with Gasteiger partial charge in [-0.3, -0.25) is 4.79 Å². The minimum Gasteiger partial charge on any atom is -0.465 e. The molecule has 2 nitrogen and oxygen atoms in total. The third-order valence-electron chi connectivity index (χ3n) is 0.670. The van der Waals surface area contributed by atoms with Crippen LogP contribution in [0.15, 0.2) is 0 Å². The van der Waals surface area contributed by atoms with Gasteiger partial charge in [-0.25, -0.2) is 0 Å². The van der Waals surface area contributed by atoms with Gasteiger partial charge in [0.25, 0.3) is 0 Å². The standard InChI is InChI=1S/C6H11O2S/c1-3-8-6(7)5-9-4-2/h2-5H2,1H3. The van der Waals surface area contributed by atoms with Crippen molar-refractivity contribution in [3.63, 3.8) is 0 Å². The molecule has 53 valence electrons. The molecule has 0 aliphatic heterocycles. The van der Waals surface area contributed by atoms with Gasteiger partial charge < -0.3 is 4.74 Å². The zero-order valence-electron chi connectivity index (χ0n) is 5.55. The number of esters is 1. The van der Waals surface area contributed by atoms with E-state index in [0.29, 0.717) is 12.4 Å². The Labute approximate surface area is 60.0 Å². The number of hydrogen-bond acceptors (Lipinski definition) is 3. The number of rotatable bonds is 4. The van der Waals surface area contributed by atoms with Gasteiger partial charge in [-0.2, -0.15) is 11.8 Å². The van der Waals surface area contributed by atoms with Crippen LogP contribution in [-0.2, 0) is 9.53 Å². The Morgan fingerprint density at radius 2 is 2.44 bits per heavy atom. The van der Waals surface area contributed by atoms with Crippen molar-refractivity contribution >= 4 is 17.7 Å². The highest BCUT2D eigenvalue weighted by molar-refractivity contribution is 8.00. The summed E-state index contributed by atoms with van der Waals surface area (Å²) in [7, 11) is 0. The highest BCUT2D eigenvalue weighted by Gasteiger charge is 1.97. The summed E-state index contributed by atoms with van der Waals surface area (Å²) in [6.45, 7) is 5.84. The lowest BCUT2D eigenvalue weighted by molar-refractivity contribution is -0.139. The molecule has 0 bridgehead atoms. The largest absolute Gasteiger partial charge is 0.465 e. The molecule has 0 aromatic heterocycles. The van der Waals surface area contributed by atoms with Crippen LogP contribution in [0.4, 0.5) is 0 Å². The smallest absolute Gasteiger partial charge is 0.315 e. The number of hydrogen-bond donors (Lipinski definition) is 0. The molecule has 0 N–H and O–H groups in total. The number of ether oxygens (including phenoxy) is 1. The van der Waals surface area contributed by atoms with E-state index in [4.69, 9.17) is 0 Å². The van der Waals surface area contributed by atoms with Crippen LogP contribution < -0.4 is 0 Å². The average molecular weight is 147 g/mol. The van der Waals surface area contributed by atoms with Crippen molar-refractivity contribution in [3.8, 4) is 0 Å². The van der Waals surface area contributed by atoms with E-state index < -0.39 is 0 Å². The minimum absolute atomic E-state index is 0.147. The van der Waals surface area contributed by atoms with Crippen molar-refractivity contribution in [2.45, 2.75) is 6.92 Å². The monoisotopic (exact) mass is 147 g/mol. The first-order valence-corrected chi connectivity index (χ1v) is 3.99. The van der Waals surface area contributed by atoms with E-state index in [1.807, 2.05) is 0 Å². The van der Waals surface area contributed by atoms with Crippen LogP contribution in [0.2, 0.25) is 0 Å². The first-order valence-electron chi connectivity index (χ1n) is 2.83. The maximum atomic E-state index is 10.5. The van der Waals surface area contributed by atoms with Crippen LogP contribution in [-0.4, -0.2) is 24.1 Å². The molecule has 0 unspecified atom stereocenters. The third kappa shape index (κ3) is 5.69.